The molecule has 0 aliphatic rings. The summed E-state index contributed by atoms with van der Waals surface area (Å²) < 4.78 is 0. The molecular formula is C22H20ClN7. The Bertz CT molecular complexity index is 1160. The summed E-state index contributed by atoms with van der Waals surface area (Å²) in [7, 11) is 0. The third-order valence-electron chi connectivity index (χ3n) is 4.42. The highest BCUT2D eigenvalue weighted by Gasteiger charge is 2.06. The minimum Gasteiger partial charge on any atom is -0.368 e. The molecule has 2 aromatic heterocycles. The molecule has 4 N–H and O–H groups in total. The van der Waals surface area contributed by atoms with Gasteiger partial charge in [-0.2, -0.15) is 4.98 Å². The normalized spacial score (nSPS) is 10.6. The van der Waals surface area contributed by atoms with Gasteiger partial charge in [-0.25, -0.2) is 15.0 Å². The average Bonchev–Trinajstić information content (AvgIpc) is 2.75. The largest absolute Gasteiger partial charge is 0.368 e. The van der Waals surface area contributed by atoms with Gasteiger partial charge in [0.2, 0.25) is 11.9 Å². The maximum atomic E-state index is 6.03. The van der Waals surface area contributed by atoms with Crippen LogP contribution in [0.4, 0.5) is 23.4 Å². The number of aryl methyl sites for hydroxylation is 1. The van der Waals surface area contributed by atoms with Crippen molar-refractivity contribution in [1.29, 1.82) is 0 Å². The number of hydrogen-bond donors (Lipinski definition) is 3. The van der Waals surface area contributed by atoms with Crippen LogP contribution < -0.4 is 16.4 Å². The summed E-state index contributed by atoms with van der Waals surface area (Å²) in [4.78, 5) is 17.1. The van der Waals surface area contributed by atoms with E-state index in [2.05, 4.69) is 30.6 Å². The standard InChI is InChI=1S/C22H20ClN7/c1-14-12-26-21(24)30-20(14)16-5-7-18(8-6-16)28-19-9-10-25-22(29-19)27-13-15-3-2-4-17(23)11-15/h2-12H,13H2,1H3,(H2,24,26,30)(H2,25,27,28,29). The van der Waals surface area contributed by atoms with Gasteiger partial charge in [0.05, 0.1) is 5.69 Å². The number of rotatable bonds is 6. The third-order valence-corrected chi connectivity index (χ3v) is 4.65. The zero-order valence-electron chi connectivity index (χ0n) is 16.3. The van der Waals surface area contributed by atoms with E-state index in [9.17, 15) is 0 Å². The van der Waals surface area contributed by atoms with E-state index >= 15 is 0 Å². The van der Waals surface area contributed by atoms with Gasteiger partial charge in [0.25, 0.3) is 0 Å². The van der Waals surface area contributed by atoms with Crippen LogP contribution in [0, 0.1) is 6.92 Å². The quantitative estimate of drug-likeness (QED) is 0.412. The second-order valence-corrected chi connectivity index (χ2v) is 7.15. The molecule has 2 aromatic carbocycles. The number of nitrogens with one attached hydrogen (secondary N) is 2. The van der Waals surface area contributed by atoms with Gasteiger partial charge in [-0.05, 0) is 48.4 Å². The van der Waals surface area contributed by atoms with E-state index in [-0.39, 0.29) is 5.95 Å². The molecule has 0 atom stereocenters. The Hall–Kier alpha value is -3.71. The topological polar surface area (TPSA) is 102 Å². The molecule has 4 rings (SSSR count). The maximum absolute atomic E-state index is 6.03. The average molecular weight is 418 g/mol. The predicted molar refractivity (Wildman–Crippen MR) is 121 cm³/mol. The molecule has 30 heavy (non-hydrogen) atoms. The minimum absolute atomic E-state index is 0.261. The number of benzene rings is 2. The van der Waals surface area contributed by atoms with Gasteiger partial charge in [0, 0.05) is 35.2 Å². The molecule has 2 heterocycles. The maximum Gasteiger partial charge on any atom is 0.224 e. The lowest BCUT2D eigenvalue weighted by molar-refractivity contribution is 1.06. The number of nitrogens with two attached hydrogens (primary N) is 1. The summed E-state index contributed by atoms with van der Waals surface area (Å²) in [6.45, 7) is 2.54. The number of nitrogen functional groups attached to an aromatic ring is 1. The fourth-order valence-electron chi connectivity index (χ4n) is 2.95. The molecule has 4 aromatic rings. The zero-order valence-corrected chi connectivity index (χ0v) is 17.1. The molecule has 150 valence electrons. The first-order chi connectivity index (χ1) is 14.6. The Morgan fingerprint density at radius 3 is 2.63 bits per heavy atom. The van der Waals surface area contributed by atoms with Crippen LogP contribution in [-0.4, -0.2) is 19.9 Å². The highest BCUT2D eigenvalue weighted by molar-refractivity contribution is 6.30. The Labute approximate surface area is 179 Å². The van der Waals surface area contributed by atoms with Crippen LogP contribution in [0.1, 0.15) is 11.1 Å². The van der Waals surface area contributed by atoms with Crippen molar-refractivity contribution in [2.45, 2.75) is 13.5 Å². The highest BCUT2D eigenvalue weighted by Crippen LogP contribution is 2.24. The summed E-state index contributed by atoms with van der Waals surface area (Å²) in [5, 5.41) is 7.20. The van der Waals surface area contributed by atoms with Crippen LogP contribution >= 0.6 is 11.6 Å². The van der Waals surface area contributed by atoms with Crippen LogP contribution in [0.25, 0.3) is 11.3 Å². The lowest BCUT2D eigenvalue weighted by Crippen LogP contribution is -2.05. The molecule has 0 aliphatic heterocycles. The fourth-order valence-corrected chi connectivity index (χ4v) is 3.16. The number of anilines is 4. The number of nitrogens with zero attached hydrogens (tertiary/aromatic N) is 4. The SMILES string of the molecule is Cc1cnc(N)nc1-c1ccc(Nc2ccnc(NCc3cccc(Cl)c3)n2)cc1. The lowest BCUT2D eigenvalue weighted by Gasteiger charge is -2.10. The van der Waals surface area contributed by atoms with Crippen molar-refractivity contribution in [2.24, 2.45) is 0 Å². The smallest absolute Gasteiger partial charge is 0.224 e. The molecule has 8 heteroatoms. The van der Waals surface area contributed by atoms with E-state index in [1.165, 1.54) is 0 Å². The number of aromatic nitrogens is 4. The van der Waals surface area contributed by atoms with Crippen molar-refractivity contribution in [1.82, 2.24) is 19.9 Å². The van der Waals surface area contributed by atoms with E-state index in [0.29, 0.717) is 23.3 Å². The summed E-state index contributed by atoms with van der Waals surface area (Å²) in [6.07, 6.45) is 3.43. The monoisotopic (exact) mass is 417 g/mol. The molecule has 0 saturated heterocycles. The molecule has 0 radical (unpaired) electrons. The van der Waals surface area contributed by atoms with Crippen LogP contribution in [0.3, 0.4) is 0 Å². The first-order valence-electron chi connectivity index (χ1n) is 9.35. The van der Waals surface area contributed by atoms with Gasteiger partial charge >= 0.3 is 0 Å². The summed E-state index contributed by atoms with van der Waals surface area (Å²) >= 11 is 6.03. The Balaban J connectivity index is 1.44. The van der Waals surface area contributed by atoms with E-state index in [0.717, 1.165) is 28.1 Å². The molecule has 0 aliphatic carbocycles. The molecule has 0 fully saturated rings. The lowest BCUT2D eigenvalue weighted by atomic mass is 10.1. The second kappa shape index (κ2) is 8.75. The van der Waals surface area contributed by atoms with Crippen LogP contribution in [0.2, 0.25) is 5.02 Å². The van der Waals surface area contributed by atoms with Crippen LogP contribution in [0.15, 0.2) is 67.0 Å². The summed E-state index contributed by atoms with van der Waals surface area (Å²) in [6, 6.07) is 17.4. The summed E-state index contributed by atoms with van der Waals surface area (Å²) in [5.74, 6) is 1.48. The fraction of sp³-hybridized carbons (Fsp3) is 0.0909. The number of hydrogen-bond acceptors (Lipinski definition) is 7. The van der Waals surface area contributed by atoms with Crippen molar-refractivity contribution in [3.8, 4) is 11.3 Å². The van der Waals surface area contributed by atoms with Crippen molar-refractivity contribution >= 4 is 35.0 Å². The molecule has 7 nitrogen and oxygen atoms in total. The van der Waals surface area contributed by atoms with Crippen LogP contribution in [-0.2, 0) is 6.54 Å². The zero-order chi connectivity index (χ0) is 20.9. The van der Waals surface area contributed by atoms with Gasteiger partial charge in [0.1, 0.15) is 5.82 Å². The molecule has 0 spiro atoms. The van der Waals surface area contributed by atoms with Gasteiger partial charge in [-0.1, -0.05) is 35.9 Å². The second-order valence-electron chi connectivity index (χ2n) is 6.71. The van der Waals surface area contributed by atoms with E-state index in [1.54, 1.807) is 12.4 Å². The molecular weight excluding hydrogens is 398 g/mol. The van der Waals surface area contributed by atoms with E-state index in [1.807, 2.05) is 61.5 Å². The highest BCUT2D eigenvalue weighted by atomic mass is 35.5. The molecule has 0 amide bonds. The van der Waals surface area contributed by atoms with Crippen molar-refractivity contribution in [3.05, 3.63) is 83.1 Å². The van der Waals surface area contributed by atoms with Crippen molar-refractivity contribution < 1.29 is 0 Å². The Morgan fingerprint density at radius 1 is 1.00 bits per heavy atom. The van der Waals surface area contributed by atoms with Crippen molar-refractivity contribution in [3.63, 3.8) is 0 Å². The molecule has 0 saturated carbocycles. The van der Waals surface area contributed by atoms with Gasteiger partial charge < -0.3 is 16.4 Å². The third kappa shape index (κ3) is 4.82. The number of halogens is 1. The van der Waals surface area contributed by atoms with Crippen LogP contribution in [0.5, 0.6) is 0 Å². The Kier molecular flexibility index (Phi) is 5.72. The van der Waals surface area contributed by atoms with Gasteiger partial charge in [0.15, 0.2) is 0 Å². The van der Waals surface area contributed by atoms with E-state index in [4.69, 9.17) is 17.3 Å². The molecule has 0 bridgehead atoms. The first kappa shape index (κ1) is 19.6. The van der Waals surface area contributed by atoms with Gasteiger partial charge in [-0.15, -0.1) is 0 Å². The Morgan fingerprint density at radius 2 is 1.83 bits per heavy atom. The van der Waals surface area contributed by atoms with Gasteiger partial charge in [-0.3, -0.25) is 0 Å². The summed E-state index contributed by atoms with van der Waals surface area (Å²) in [5.41, 5.74) is 10.4. The van der Waals surface area contributed by atoms with Crippen molar-refractivity contribution in [2.75, 3.05) is 16.4 Å². The predicted octanol–water partition coefficient (Wildman–Crippen LogP) is 4.83. The first-order valence-corrected chi connectivity index (χ1v) is 9.72. The van der Waals surface area contributed by atoms with E-state index < -0.39 is 0 Å². The molecule has 0 unspecified atom stereocenters. The minimum atomic E-state index is 0.261.